The Morgan fingerprint density at radius 3 is 2.00 bits per heavy atom. The predicted octanol–water partition coefficient (Wildman–Crippen LogP) is 1.62. The zero-order chi connectivity index (χ0) is 9.69. The van der Waals surface area contributed by atoms with E-state index < -0.39 is 14.6 Å². The second kappa shape index (κ2) is 2.35. The highest BCUT2D eigenvalue weighted by Gasteiger charge is 2.47. The summed E-state index contributed by atoms with van der Waals surface area (Å²) in [5.41, 5.74) is 1.81. The Hall–Kier alpha value is -0.830. The van der Waals surface area contributed by atoms with E-state index in [-0.39, 0.29) is 5.75 Å². The monoisotopic (exact) mass is 196 g/mol. The second-order valence-electron chi connectivity index (χ2n) is 3.51. The fraction of sp³-hybridized carbons (Fsp3) is 0.400. The van der Waals surface area contributed by atoms with Crippen LogP contribution in [0, 0.1) is 0 Å². The largest absolute Gasteiger partial charge is 0.228 e. The van der Waals surface area contributed by atoms with Crippen molar-refractivity contribution in [3.8, 4) is 0 Å². The van der Waals surface area contributed by atoms with Gasteiger partial charge in [-0.2, -0.15) is 0 Å². The lowest BCUT2D eigenvalue weighted by molar-refractivity contribution is 0.579. The van der Waals surface area contributed by atoms with Crippen molar-refractivity contribution in [1.29, 1.82) is 0 Å². The van der Waals surface area contributed by atoms with Crippen LogP contribution >= 0.6 is 0 Å². The SMILES string of the molecule is CCS(=O)(=O)C1(C)C2=CC=C1C=C2. The first-order chi connectivity index (χ1) is 6.02. The molecular formula is C10H12O2S. The van der Waals surface area contributed by atoms with Crippen LogP contribution in [0.4, 0.5) is 0 Å². The Kier molecular flexibility index (Phi) is 1.58. The van der Waals surface area contributed by atoms with Gasteiger partial charge in [-0.1, -0.05) is 31.2 Å². The van der Waals surface area contributed by atoms with Crippen LogP contribution in [0.3, 0.4) is 0 Å². The normalized spacial score (nSPS) is 23.2. The third-order valence-electron chi connectivity index (χ3n) is 2.99. The molecule has 2 aliphatic carbocycles. The minimum Gasteiger partial charge on any atom is -0.228 e. The molecule has 0 spiro atoms. The van der Waals surface area contributed by atoms with E-state index in [1.807, 2.05) is 24.3 Å². The summed E-state index contributed by atoms with van der Waals surface area (Å²) in [4.78, 5) is 0. The van der Waals surface area contributed by atoms with E-state index in [2.05, 4.69) is 0 Å². The number of sulfone groups is 1. The summed E-state index contributed by atoms with van der Waals surface area (Å²) in [5.74, 6) is 0.194. The van der Waals surface area contributed by atoms with Gasteiger partial charge in [-0.05, 0) is 18.1 Å². The Balaban J connectivity index is 2.60. The van der Waals surface area contributed by atoms with E-state index in [1.165, 1.54) is 0 Å². The maximum atomic E-state index is 11.9. The van der Waals surface area contributed by atoms with Crippen molar-refractivity contribution in [2.45, 2.75) is 18.6 Å². The summed E-state index contributed by atoms with van der Waals surface area (Å²) in [7, 11) is -3.03. The molecule has 0 atom stereocenters. The van der Waals surface area contributed by atoms with Gasteiger partial charge in [-0.25, -0.2) is 8.42 Å². The number of fused-ring (bicyclic) bond motifs is 2. The lowest BCUT2D eigenvalue weighted by atomic mass is 10.0. The molecule has 0 saturated heterocycles. The van der Waals surface area contributed by atoms with Gasteiger partial charge in [0, 0.05) is 5.75 Å². The summed E-state index contributed by atoms with van der Waals surface area (Å²) in [6, 6.07) is 0. The molecule has 2 rings (SSSR count). The average Bonchev–Trinajstić information content (AvgIpc) is 2.62. The zero-order valence-electron chi connectivity index (χ0n) is 7.74. The minimum absolute atomic E-state index is 0.194. The fourth-order valence-corrected chi connectivity index (χ4v) is 3.49. The minimum atomic E-state index is -3.03. The van der Waals surface area contributed by atoms with Crippen LogP contribution in [0.2, 0.25) is 0 Å². The quantitative estimate of drug-likeness (QED) is 0.672. The molecule has 0 aromatic heterocycles. The van der Waals surface area contributed by atoms with Gasteiger partial charge in [-0.3, -0.25) is 0 Å². The second-order valence-corrected chi connectivity index (χ2v) is 6.14. The van der Waals surface area contributed by atoms with Gasteiger partial charge in [-0.15, -0.1) is 0 Å². The molecule has 13 heavy (non-hydrogen) atoms. The molecule has 0 aromatic rings. The smallest absolute Gasteiger partial charge is 0.163 e. The van der Waals surface area contributed by atoms with E-state index in [4.69, 9.17) is 0 Å². The fourth-order valence-electron chi connectivity index (χ4n) is 1.92. The Morgan fingerprint density at radius 1 is 1.23 bits per heavy atom. The zero-order valence-corrected chi connectivity index (χ0v) is 8.56. The van der Waals surface area contributed by atoms with Crippen LogP contribution in [0.25, 0.3) is 0 Å². The number of rotatable bonds is 2. The molecule has 0 saturated carbocycles. The van der Waals surface area contributed by atoms with E-state index in [0.717, 1.165) is 11.1 Å². The van der Waals surface area contributed by atoms with E-state index in [1.54, 1.807) is 13.8 Å². The van der Waals surface area contributed by atoms with Gasteiger partial charge in [0.25, 0.3) is 0 Å². The molecule has 2 aliphatic rings. The molecule has 3 heteroatoms. The van der Waals surface area contributed by atoms with Crippen molar-refractivity contribution in [3.05, 3.63) is 35.5 Å². The van der Waals surface area contributed by atoms with Crippen LogP contribution < -0.4 is 0 Å². The van der Waals surface area contributed by atoms with Crippen molar-refractivity contribution >= 4 is 9.84 Å². The molecule has 2 nitrogen and oxygen atoms in total. The summed E-state index contributed by atoms with van der Waals surface area (Å²) in [5, 5.41) is 0. The molecule has 0 unspecified atom stereocenters. The number of hydrogen-bond acceptors (Lipinski definition) is 2. The van der Waals surface area contributed by atoms with Crippen molar-refractivity contribution in [2.75, 3.05) is 5.75 Å². The first kappa shape index (κ1) is 8.75. The highest BCUT2D eigenvalue weighted by atomic mass is 32.2. The topological polar surface area (TPSA) is 34.1 Å². The van der Waals surface area contributed by atoms with Crippen molar-refractivity contribution in [3.63, 3.8) is 0 Å². The lowest BCUT2D eigenvalue weighted by Crippen LogP contribution is -2.35. The summed E-state index contributed by atoms with van der Waals surface area (Å²) in [6.45, 7) is 3.48. The number of hydrogen-bond donors (Lipinski definition) is 0. The van der Waals surface area contributed by atoms with Gasteiger partial charge in [0.15, 0.2) is 9.84 Å². The van der Waals surface area contributed by atoms with Gasteiger partial charge in [0.05, 0.1) is 0 Å². The average molecular weight is 196 g/mol. The Morgan fingerprint density at radius 2 is 1.69 bits per heavy atom. The van der Waals surface area contributed by atoms with Gasteiger partial charge < -0.3 is 0 Å². The van der Waals surface area contributed by atoms with Crippen molar-refractivity contribution < 1.29 is 8.42 Å². The van der Waals surface area contributed by atoms with Crippen LogP contribution in [-0.4, -0.2) is 18.9 Å². The highest BCUT2D eigenvalue weighted by Crippen LogP contribution is 2.44. The molecule has 2 bridgehead atoms. The molecule has 0 fully saturated rings. The molecule has 0 N–H and O–H groups in total. The number of allylic oxidation sites excluding steroid dienone is 4. The summed E-state index contributed by atoms with van der Waals surface area (Å²) in [6.07, 6.45) is 7.57. The Bertz CT molecular complexity index is 414. The van der Waals surface area contributed by atoms with Crippen LogP contribution in [0.5, 0.6) is 0 Å². The highest BCUT2D eigenvalue weighted by molar-refractivity contribution is 7.93. The molecule has 70 valence electrons. The molecule has 0 aliphatic heterocycles. The van der Waals surface area contributed by atoms with Gasteiger partial charge >= 0.3 is 0 Å². The predicted molar refractivity (Wildman–Crippen MR) is 53.2 cm³/mol. The van der Waals surface area contributed by atoms with E-state index in [9.17, 15) is 8.42 Å². The first-order valence-electron chi connectivity index (χ1n) is 4.35. The first-order valence-corrected chi connectivity index (χ1v) is 6.01. The van der Waals surface area contributed by atoms with Crippen LogP contribution in [0.15, 0.2) is 35.5 Å². The third kappa shape index (κ3) is 0.854. The molecule has 0 aromatic carbocycles. The van der Waals surface area contributed by atoms with Crippen LogP contribution in [0.1, 0.15) is 13.8 Å². The molecular weight excluding hydrogens is 184 g/mol. The standard InChI is InChI=1S/C10H12O2S/c1-3-13(11,12)10(2)8-4-5-9(10)7-6-8/h4-7H,3H2,1-2H3. The Labute approximate surface area is 78.6 Å². The van der Waals surface area contributed by atoms with Crippen LogP contribution in [-0.2, 0) is 9.84 Å². The van der Waals surface area contributed by atoms with Gasteiger partial charge in [0.2, 0.25) is 0 Å². The van der Waals surface area contributed by atoms with Crippen molar-refractivity contribution in [1.82, 2.24) is 0 Å². The molecule has 0 amide bonds. The van der Waals surface area contributed by atoms with Gasteiger partial charge in [0.1, 0.15) is 4.75 Å². The van der Waals surface area contributed by atoms with E-state index >= 15 is 0 Å². The maximum absolute atomic E-state index is 11.9. The van der Waals surface area contributed by atoms with E-state index in [0.29, 0.717) is 0 Å². The molecule has 0 heterocycles. The summed E-state index contributed by atoms with van der Waals surface area (Å²) >= 11 is 0. The van der Waals surface area contributed by atoms with Crippen molar-refractivity contribution in [2.24, 2.45) is 0 Å². The summed E-state index contributed by atoms with van der Waals surface area (Å²) < 4.78 is 23.0. The molecule has 0 radical (unpaired) electrons. The lowest BCUT2D eigenvalue weighted by Gasteiger charge is -2.24. The maximum Gasteiger partial charge on any atom is 0.163 e. The third-order valence-corrected chi connectivity index (χ3v) is 5.46.